The van der Waals surface area contributed by atoms with Crippen molar-refractivity contribution in [1.29, 1.82) is 0 Å². The lowest BCUT2D eigenvalue weighted by Crippen LogP contribution is -2.42. The van der Waals surface area contributed by atoms with E-state index in [1.807, 2.05) is 23.1 Å². The first kappa shape index (κ1) is 27.5. The SMILES string of the molecule is COCCCn1c([C@@H]2CCCN(C(=O)C[C@@H](N)Cc3c(Cl)cccc3S(N)(=O)=O)C2)nc2ccccc21. The number of nitrogens with zero attached hydrogens (tertiary/aromatic N) is 3. The number of nitrogens with two attached hydrogens (primary N) is 2. The molecule has 11 heteroatoms. The van der Waals surface area contributed by atoms with Gasteiger partial charge in [-0.3, -0.25) is 4.79 Å². The molecule has 0 bridgehead atoms. The number of para-hydroxylation sites is 2. The number of methoxy groups -OCH3 is 1. The number of likely N-dealkylation sites (tertiary alicyclic amines) is 1. The van der Waals surface area contributed by atoms with Crippen LogP contribution in [0.3, 0.4) is 0 Å². The van der Waals surface area contributed by atoms with Gasteiger partial charge in [-0.2, -0.15) is 0 Å². The number of carbonyl (C=O) groups is 1. The molecule has 200 valence electrons. The molecule has 4 rings (SSSR count). The maximum atomic E-state index is 13.2. The first-order valence-corrected chi connectivity index (χ1v) is 14.4. The Morgan fingerprint density at radius 3 is 2.78 bits per heavy atom. The van der Waals surface area contributed by atoms with Crippen molar-refractivity contribution in [2.45, 2.75) is 55.5 Å². The number of amides is 1. The van der Waals surface area contributed by atoms with Crippen LogP contribution in [0.5, 0.6) is 0 Å². The number of hydrogen-bond donors (Lipinski definition) is 2. The normalized spacial score (nSPS) is 17.3. The summed E-state index contributed by atoms with van der Waals surface area (Å²) in [5, 5.41) is 5.62. The molecular formula is C26H34ClN5O4S. The first-order chi connectivity index (χ1) is 17.7. The zero-order valence-electron chi connectivity index (χ0n) is 21.0. The minimum Gasteiger partial charge on any atom is -0.385 e. The molecule has 0 spiro atoms. The summed E-state index contributed by atoms with van der Waals surface area (Å²) in [5.74, 6) is 1.04. The lowest BCUT2D eigenvalue weighted by atomic mass is 9.96. The molecule has 9 nitrogen and oxygen atoms in total. The summed E-state index contributed by atoms with van der Waals surface area (Å²) in [6, 6.07) is 12.0. The summed E-state index contributed by atoms with van der Waals surface area (Å²) in [7, 11) is -2.27. The molecule has 2 atom stereocenters. The highest BCUT2D eigenvalue weighted by atomic mass is 35.5. The van der Waals surface area contributed by atoms with Gasteiger partial charge >= 0.3 is 0 Å². The van der Waals surface area contributed by atoms with Gasteiger partial charge < -0.3 is 19.9 Å². The second kappa shape index (κ2) is 11.9. The second-order valence-electron chi connectivity index (χ2n) is 9.57. The summed E-state index contributed by atoms with van der Waals surface area (Å²) >= 11 is 6.26. The van der Waals surface area contributed by atoms with Crippen molar-refractivity contribution in [3.05, 3.63) is 58.9 Å². The van der Waals surface area contributed by atoms with E-state index in [9.17, 15) is 13.2 Å². The molecule has 1 aliphatic rings. The number of sulfonamides is 1. The van der Waals surface area contributed by atoms with Crippen LogP contribution in [0.2, 0.25) is 5.02 Å². The van der Waals surface area contributed by atoms with E-state index in [2.05, 4.69) is 10.6 Å². The molecule has 2 heterocycles. The van der Waals surface area contributed by atoms with Gasteiger partial charge in [-0.25, -0.2) is 18.5 Å². The number of primary sulfonamides is 1. The van der Waals surface area contributed by atoms with Gasteiger partial charge in [-0.05, 0) is 55.5 Å². The average molecular weight is 548 g/mol. The maximum absolute atomic E-state index is 13.2. The summed E-state index contributed by atoms with van der Waals surface area (Å²) in [4.78, 5) is 20.0. The number of fused-ring (bicyclic) bond motifs is 1. The van der Waals surface area contributed by atoms with E-state index < -0.39 is 16.1 Å². The molecule has 2 aromatic carbocycles. The van der Waals surface area contributed by atoms with E-state index in [0.717, 1.165) is 42.7 Å². The monoisotopic (exact) mass is 547 g/mol. The number of imidazole rings is 1. The van der Waals surface area contributed by atoms with Gasteiger partial charge in [0.1, 0.15) is 5.82 Å². The van der Waals surface area contributed by atoms with Crippen LogP contribution in [0.25, 0.3) is 11.0 Å². The summed E-state index contributed by atoms with van der Waals surface area (Å²) < 4.78 is 31.5. The van der Waals surface area contributed by atoms with Crippen molar-refractivity contribution in [2.75, 3.05) is 26.8 Å². The molecule has 1 amide bonds. The average Bonchev–Trinajstić information content (AvgIpc) is 3.23. The molecule has 0 radical (unpaired) electrons. The molecule has 37 heavy (non-hydrogen) atoms. The predicted molar refractivity (Wildman–Crippen MR) is 144 cm³/mol. The van der Waals surface area contributed by atoms with Crippen LogP contribution in [0.15, 0.2) is 47.4 Å². The highest BCUT2D eigenvalue weighted by Gasteiger charge is 2.29. The van der Waals surface area contributed by atoms with Crippen molar-refractivity contribution < 1.29 is 17.9 Å². The minimum atomic E-state index is -3.96. The highest BCUT2D eigenvalue weighted by Crippen LogP contribution is 2.30. The Hall–Kier alpha value is -2.50. The third-order valence-corrected chi connectivity index (χ3v) is 8.19. The smallest absolute Gasteiger partial charge is 0.238 e. The quantitative estimate of drug-likeness (QED) is 0.375. The van der Waals surface area contributed by atoms with Crippen molar-refractivity contribution >= 4 is 38.6 Å². The van der Waals surface area contributed by atoms with Gasteiger partial charge in [0.05, 0.1) is 15.9 Å². The Kier molecular flexibility index (Phi) is 8.86. The molecule has 1 fully saturated rings. The van der Waals surface area contributed by atoms with Crippen molar-refractivity contribution in [1.82, 2.24) is 14.5 Å². The number of halogens is 1. The summed E-state index contributed by atoms with van der Waals surface area (Å²) in [6.07, 6.45) is 2.89. The van der Waals surface area contributed by atoms with E-state index in [4.69, 9.17) is 32.2 Å². The minimum absolute atomic E-state index is 0.0617. The van der Waals surface area contributed by atoms with Gasteiger partial charge in [0.15, 0.2) is 0 Å². The number of hydrogen-bond acceptors (Lipinski definition) is 6. The van der Waals surface area contributed by atoms with E-state index in [1.54, 1.807) is 13.2 Å². The number of aryl methyl sites for hydroxylation is 1. The van der Waals surface area contributed by atoms with Crippen molar-refractivity contribution in [3.8, 4) is 0 Å². The van der Waals surface area contributed by atoms with Gasteiger partial charge in [0.2, 0.25) is 15.9 Å². The van der Waals surface area contributed by atoms with Gasteiger partial charge in [-0.15, -0.1) is 0 Å². The zero-order chi connectivity index (χ0) is 26.6. The standard InChI is InChI=1S/C26H34ClN5O4S/c1-36-14-6-13-32-23-10-3-2-9-22(23)30-26(32)18-7-5-12-31(17-18)25(33)16-19(28)15-20-21(27)8-4-11-24(20)37(29,34)35/h2-4,8-11,18-19H,5-7,12-17,28H2,1H3,(H2,29,34,35)/t18-,19+/m1/s1. The topological polar surface area (TPSA) is 134 Å². The van der Waals surface area contributed by atoms with Gasteiger partial charge in [0.25, 0.3) is 0 Å². The Morgan fingerprint density at radius 2 is 2.03 bits per heavy atom. The molecule has 1 aliphatic heterocycles. The molecule has 1 saturated heterocycles. The van der Waals surface area contributed by atoms with Crippen molar-refractivity contribution in [2.24, 2.45) is 10.9 Å². The van der Waals surface area contributed by atoms with Gasteiger partial charge in [-0.1, -0.05) is 29.8 Å². The zero-order valence-corrected chi connectivity index (χ0v) is 22.5. The summed E-state index contributed by atoms with van der Waals surface area (Å²) in [6.45, 7) is 2.68. The Morgan fingerprint density at radius 1 is 1.24 bits per heavy atom. The fourth-order valence-electron chi connectivity index (χ4n) is 5.11. The molecule has 4 N–H and O–H groups in total. The van der Waals surface area contributed by atoms with Crippen LogP contribution in [0.4, 0.5) is 0 Å². The van der Waals surface area contributed by atoms with Crippen LogP contribution >= 0.6 is 11.6 Å². The Labute approximate surface area is 222 Å². The van der Waals surface area contributed by atoms with Crippen LogP contribution in [-0.2, 0) is 32.5 Å². The Balaban J connectivity index is 1.47. The number of rotatable bonds is 10. The highest BCUT2D eigenvalue weighted by molar-refractivity contribution is 7.89. The molecule has 0 unspecified atom stereocenters. The van der Waals surface area contributed by atoms with Gasteiger partial charge in [0, 0.05) is 56.8 Å². The molecule has 3 aromatic rings. The second-order valence-corrected chi connectivity index (χ2v) is 11.5. The van der Waals surface area contributed by atoms with Crippen LogP contribution in [-0.4, -0.2) is 61.6 Å². The fraction of sp³-hybridized carbons (Fsp3) is 0.462. The van der Waals surface area contributed by atoms with E-state index in [1.165, 1.54) is 12.1 Å². The number of benzene rings is 2. The maximum Gasteiger partial charge on any atom is 0.238 e. The van der Waals surface area contributed by atoms with E-state index >= 15 is 0 Å². The third-order valence-electron chi connectivity index (χ3n) is 6.84. The van der Waals surface area contributed by atoms with E-state index in [-0.39, 0.29) is 34.6 Å². The van der Waals surface area contributed by atoms with Crippen LogP contribution < -0.4 is 10.9 Å². The van der Waals surface area contributed by atoms with Crippen LogP contribution in [0.1, 0.15) is 43.0 Å². The molecule has 1 aromatic heterocycles. The first-order valence-electron chi connectivity index (χ1n) is 12.5. The fourth-order valence-corrected chi connectivity index (χ4v) is 6.23. The predicted octanol–water partition coefficient (Wildman–Crippen LogP) is 3.04. The Bertz CT molecular complexity index is 1360. The molecule has 0 aliphatic carbocycles. The lowest BCUT2D eigenvalue weighted by molar-refractivity contribution is -0.132. The molecule has 0 saturated carbocycles. The molecular weight excluding hydrogens is 514 g/mol. The summed E-state index contributed by atoms with van der Waals surface area (Å²) in [5.41, 5.74) is 8.69. The lowest BCUT2D eigenvalue weighted by Gasteiger charge is -2.33. The number of aromatic nitrogens is 2. The largest absolute Gasteiger partial charge is 0.385 e. The number of carbonyl (C=O) groups excluding carboxylic acids is 1. The number of piperidine rings is 1. The van der Waals surface area contributed by atoms with E-state index in [0.29, 0.717) is 25.3 Å². The number of ether oxygens (including phenoxy) is 1. The van der Waals surface area contributed by atoms with Crippen molar-refractivity contribution in [3.63, 3.8) is 0 Å². The van der Waals surface area contributed by atoms with Crippen LogP contribution in [0, 0.1) is 0 Å². The third kappa shape index (κ3) is 6.50.